The van der Waals surface area contributed by atoms with Crippen LogP contribution in [0.25, 0.3) is 0 Å². The second-order valence-corrected chi connectivity index (χ2v) is 4.24. The van der Waals surface area contributed by atoms with Gasteiger partial charge in [0.05, 0.1) is 17.6 Å². The number of likely N-dealkylation sites (tertiary alicyclic amines) is 1. The molecule has 0 aromatic rings. The number of aliphatic hydroxyl groups excluding tert-OH is 1. The molecule has 0 bridgehead atoms. The molecule has 0 aromatic heterocycles. The van der Waals surface area contributed by atoms with E-state index < -0.39 is 0 Å². The maximum absolute atomic E-state index is 10.8. The average molecular weight is 215 g/mol. The normalized spacial score (nSPS) is 21.3. The molecule has 1 aliphatic heterocycles. The predicted octanol–water partition coefficient (Wildman–Crippen LogP) is 1.14. The van der Waals surface area contributed by atoms with Crippen molar-refractivity contribution in [1.82, 2.24) is 4.90 Å². The van der Waals surface area contributed by atoms with Crippen LogP contribution in [-0.4, -0.2) is 40.0 Å². The van der Waals surface area contributed by atoms with E-state index in [2.05, 4.69) is 4.90 Å². The monoisotopic (exact) mass is 215 g/mol. The molecule has 14 heavy (non-hydrogen) atoms. The van der Waals surface area contributed by atoms with E-state index in [-0.39, 0.29) is 18.4 Å². The lowest BCUT2D eigenvalue weighted by molar-refractivity contribution is -0.116. The predicted molar refractivity (Wildman–Crippen MR) is 59.3 cm³/mol. The van der Waals surface area contributed by atoms with Crippen molar-refractivity contribution in [1.29, 1.82) is 0 Å². The van der Waals surface area contributed by atoms with Crippen LogP contribution < -0.4 is 0 Å². The molecule has 0 spiro atoms. The van der Waals surface area contributed by atoms with Gasteiger partial charge < -0.3 is 14.8 Å². The van der Waals surface area contributed by atoms with Gasteiger partial charge in [0.15, 0.2) is 0 Å². The van der Waals surface area contributed by atoms with Crippen molar-refractivity contribution in [2.45, 2.75) is 38.6 Å². The van der Waals surface area contributed by atoms with Crippen LogP contribution in [0.2, 0.25) is 0 Å². The first-order valence-electron chi connectivity index (χ1n) is 5.05. The van der Waals surface area contributed by atoms with Gasteiger partial charge >= 0.3 is 0 Å². The Hall–Kier alpha value is -0.480. The molecule has 1 heterocycles. The highest BCUT2D eigenvalue weighted by molar-refractivity contribution is 7.80. The van der Waals surface area contributed by atoms with Crippen molar-refractivity contribution in [3.05, 3.63) is 0 Å². The van der Waals surface area contributed by atoms with Crippen molar-refractivity contribution < 1.29 is 9.90 Å². The minimum absolute atomic E-state index is 0.167. The fourth-order valence-corrected chi connectivity index (χ4v) is 2.12. The Balaban J connectivity index is 2.39. The minimum atomic E-state index is 0.167. The molecule has 1 unspecified atom stereocenters. The summed E-state index contributed by atoms with van der Waals surface area (Å²) in [6, 6.07) is 0.189. The van der Waals surface area contributed by atoms with E-state index in [0.29, 0.717) is 12.8 Å². The van der Waals surface area contributed by atoms with Crippen molar-refractivity contribution >= 4 is 23.0 Å². The summed E-state index contributed by atoms with van der Waals surface area (Å²) in [6.07, 6.45) is 3.27. The number of hydrogen-bond donors (Lipinski definition) is 1. The third-order valence-corrected chi connectivity index (χ3v) is 3.04. The van der Waals surface area contributed by atoms with Gasteiger partial charge in [0.25, 0.3) is 0 Å². The molecular weight excluding hydrogens is 198 g/mol. The van der Waals surface area contributed by atoms with Gasteiger partial charge in [-0.15, -0.1) is 0 Å². The zero-order chi connectivity index (χ0) is 10.6. The average Bonchev–Trinajstić information content (AvgIpc) is 2.61. The zero-order valence-electron chi connectivity index (χ0n) is 8.53. The van der Waals surface area contributed by atoms with Gasteiger partial charge in [-0.2, -0.15) is 0 Å². The number of carbonyl (C=O) groups excluding carboxylic acids is 1. The summed E-state index contributed by atoms with van der Waals surface area (Å²) in [5.41, 5.74) is 0. The van der Waals surface area contributed by atoms with Crippen LogP contribution in [-0.2, 0) is 4.79 Å². The van der Waals surface area contributed by atoms with Gasteiger partial charge in [-0.1, -0.05) is 12.2 Å². The summed E-state index contributed by atoms with van der Waals surface area (Å²) in [6.45, 7) is 2.68. The fourth-order valence-electron chi connectivity index (χ4n) is 1.78. The summed E-state index contributed by atoms with van der Waals surface area (Å²) in [5, 5.41) is 9.09. The van der Waals surface area contributed by atoms with Crippen LogP contribution in [0, 0.1) is 0 Å². The molecule has 1 atom stereocenters. The molecule has 1 rings (SSSR count). The van der Waals surface area contributed by atoms with E-state index in [0.717, 1.165) is 24.4 Å². The number of hydrogen-bond acceptors (Lipinski definition) is 3. The first-order chi connectivity index (χ1) is 6.65. The largest absolute Gasteiger partial charge is 0.394 e. The molecule has 1 N–H and O–H groups in total. The third-order valence-electron chi connectivity index (χ3n) is 2.60. The number of nitrogens with zero attached hydrogens (tertiary/aromatic N) is 1. The van der Waals surface area contributed by atoms with Gasteiger partial charge in [-0.3, -0.25) is 0 Å². The summed E-state index contributed by atoms with van der Waals surface area (Å²) in [5.74, 6) is 0.173. The lowest BCUT2D eigenvalue weighted by Gasteiger charge is -2.25. The smallest absolute Gasteiger partial charge is 0.130 e. The van der Waals surface area contributed by atoms with Crippen LogP contribution in [0.5, 0.6) is 0 Å². The number of ketones is 1. The Morgan fingerprint density at radius 3 is 2.86 bits per heavy atom. The minimum Gasteiger partial charge on any atom is -0.394 e. The number of rotatable bonds is 4. The molecule has 0 radical (unpaired) electrons. The lowest BCUT2D eigenvalue weighted by Crippen LogP contribution is -2.36. The highest BCUT2D eigenvalue weighted by Crippen LogP contribution is 2.18. The lowest BCUT2D eigenvalue weighted by atomic mass is 10.2. The van der Waals surface area contributed by atoms with Crippen molar-refractivity contribution in [3.63, 3.8) is 0 Å². The number of Topliss-reactive ketones (excluding diaryl/α,β-unsaturated/α-hetero) is 1. The maximum Gasteiger partial charge on any atom is 0.130 e. The number of aliphatic hydroxyl groups is 1. The number of thiocarbonyl (C=S) groups is 1. The van der Waals surface area contributed by atoms with Gasteiger partial charge in [0.2, 0.25) is 0 Å². The van der Waals surface area contributed by atoms with Crippen molar-refractivity contribution in [3.8, 4) is 0 Å². The van der Waals surface area contributed by atoms with Crippen LogP contribution in [0.3, 0.4) is 0 Å². The Bertz CT molecular complexity index is 230. The SMILES string of the molecule is CC(=O)CCC(=S)N1CCCC1CO. The van der Waals surface area contributed by atoms with Gasteiger partial charge in [-0.05, 0) is 19.8 Å². The third kappa shape index (κ3) is 3.03. The van der Waals surface area contributed by atoms with Crippen molar-refractivity contribution in [2.75, 3.05) is 13.2 Å². The highest BCUT2D eigenvalue weighted by Gasteiger charge is 2.25. The fraction of sp³-hybridized carbons (Fsp3) is 0.800. The molecular formula is C10H17NO2S. The molecule has 0 aromatic carbocycles. The van der Waals surface area contributed by atoms with Crippen LogP contribution in [0.4, 0.5) is 0 Å². The number of carbonyl (C=O) groups is 1. The van der Waals surface area contributed by atoms with E-state index in [9.17, 15) is 4.79 Å². The van der Waals surface area contributed by atoms with Gasteiger partial charge in [0.1, 0.15) is 5.78 Å². The Kier molecular flexibility index (Phi) is 4.48. The first kappa shape index (κ1) is 11.6. The molecule has 3 nitrogen and oxygen atoms in total. The quantitative estimate of drug-likeness (QED) is 0.714. The van der Waals surface area contributed by atoms with E-state index in [1.165, 1.54) is 0 Å². The van der Waals surface area contributed by atoms with E-state index in [1.54, 1.807) is 6.92 Å². The summed E-state index contributed by atoms with van der Waals surface area (Å²) < 4.78 is 0. The Labute approximate surface area is 90.1 Å². The molecule has 1 saturated heterocycles. The van der Waals surface area contributed by atoms with E-state index in [1.807, 2.05) is 0 Å². The molecule has 0 saturated carbocycles. The van der Waals surface area contributed by atoms with Gasteiger partial charge in [0, 0.05) is 19.4 Å². The van der Waals surface area contributed by atoms with E-state index in [4.69, 9.17) is 17.3 Å². The van der Waals surface area contributed by atoms with Crippen molar-refractivity contribution in [2.24, 2.45) is 0 Å². The van der Waals surface area contributed by atoms with E-state index >= 15 is 0 Å². The molecule has 4 heteroatoms. The molecule has 1 fully saturated rings. The second-order valence-electron chi connectivity index (χ2n) is 3.77. The Morgan fingerprint density at radius 1 is 1.57 bits per heavy atom. The first-order valence-corrected chi connectivity index (χ1v) is 5.45. The molecule has 80 valence electrons. The standard InChI is InChI=1S/C10H17NO2S/c1-8(13)4-5-10(14)11-6-2-3-9(11)7-12/h9,12H,2-7H2,1H3. The molecule has 0 amide bonds. The highest BCUT2D eigenvalue weighted by atomic mass is 32.1. The van der Waals surface area contributed by atoms with Crippen LogP contribution in [0.15, 0.2) is 0 Å². The van der Waals surface area contributed by atoms with Crippen LogP contribution in [0.1, 0.15) is 32.6 Å². The molecule has 1 aliphatic rings. The van der Waals surface area contributed by atoms with Crippen LogP contribution >= 0.6 is 12.2 Å². The maximum atomic E-state index is 10.8. The van der Waals surface area contributed by atoms with Gasteiger partial charge in [-0.25, -0.2) is 0 Å². The summed E-state index contributed by atoms with van der Waals surface area (Å²) >= 11 is 5.24. The summed E-state index contributed by atoms with van der Waals surface area (Å²) in [4.78, 5) is 13.7. The second kappa shape index (κ2) is 5.41. The topological polar surface area (TPSA) is 40.5 Å². The summed E-state index contributed by atoms with van der Waals surface area (Å²) in [7, 11) is 0. The molecule has 0 aliphatic carbocycles. The zero-order valence-corrected chi connectivity index (χ0v) is 9.35. The Morgan fingerprint density at radius 2 is 2.29 bits per heavy atom.